The molecule has 1 aliphatic heterocycles. The van der Waals surface area contributed by atoms with Gasteiger partial charge in [-0.2, -0.15) is 5.10 Å². The fourth-order valence-electron chi connectivity index (χ4n) is 3.02. The van der Waals surface area contributed by atoms with Crippen molar-refractivity contribution in [1.82, 2.24) is 29.7 Å². The zero-order chi connectivity index (χ0) is 18.1. The summed E-state index contributed by atoms with van der Waals surface area (Å²) in [5.41, 5.74) is 2.33. The van der Waals surface area contributed by atoms with Crippen molar-refractivity contribution in [3.8, 4) is 10.6 Å². The number of carbonyl (C=O) groups is 1. The fourth-order valence-corrected chi connectivity index (χ4v) is 3.79. The molecule has 1 fully saturated rings. The van der Waals surface area contributed by atoms with Crippen LogP contribution in [0.3, 0.4) is 0 Å². The molecule has 0 aromatic carbocycles. The van der Waals surface area contributed by atoms with Crippen molar-refractivity contribution in [1.29, 1.82) is 0 Å². The summed E-state index contributed by atoms with van der Waals surface area (Å²) >= 11 is 1.47. The third-order valence-corrected chi connectivity index (χ3v) is 5.28. The van der Waals surface area contributed by atoms with Gasteiger partial charge in [0.1, 0.15) is 10.7 Å². The van der Waals surface area contributed by atoms with Gasteiger partial charge in [-0.1, -0.05) is 5.16 Å². The van der Waals surface area contributed by atoms with Crippen LogP contribution in [0.2, 0.25) is 0 Å². The molecule has 4 rings (SSSR count). The summed E-state index contributed by atoms with van der Waals surface area (Å²) in [6.07, 6.45) is 3.66. The van der Waals surface area contributed by atoms with Crippen molar-refractivity contribution >= 4 is 17.2 Å². The first-order valence-electron chi connectivity index (χ1n) is 8.47. The molecule has 0 spiro atoms. The Morgan fingerprint density at radius 3 is 2.77 bits per heavy atom. The van der Waals surface area contributed by atoms with Gasteiger partial charge in [0, 0.05) is 56.4 Å². The van der Waals surface area contributed by atoms with Crippen LogP contribution < -0.4 is 0 Å². The Kier molecular flexibility index (Phi) is 4.56. The number of aryl methyl sites for hydroxylation is 2. The number of hydrogen-bond donors (Lipinski definition) is 0. The Balaban J connectivity index is 1.35. The van der Waals surface area contributed by atoms with Crippen LogP contribution in [0.5, 0.6) is 0 Å². The first-order valence-corrected chi connectivity index (χ1v) is 9.35. The van der Waals surface area contributed by atoms with Gasteiger partial charge < -0.3 is 9.42 Å². The van der Waals surface area contributed by atoms with Crippen LogP contribution in [0.25, 0.3) is 10.6 Å². The van der Waals surface area contributed by atoms with E-state index in [4.69, 9.17) is 4.52 Å². The van der Waals surface area contributed by atoms with Crippen LogP contribution in [0, 0.1) is 6.92 Å². The lowest BCUT2D eigenvalue weighted by atomic mass is 10.2. The van der Waals surface area contributed by atoms with Crippen molar-refractivity contribution < 1.29 is 9.32 Å². The minimum atomic E-state index is -0.00782. The Labute approximate surface area is 155 Å². The van der Waals surface area contributed by atoms with E-state index < -0.39 is 0 Å². The van der Waals surface area contributed by atoms with Crippen LogP contribution in [0.15, 0.2) is 28.4 Å². The van der Waals surface area contributed by atoms with Crippen molar-refractivity contribution in [2.45, 2.75) is 13.5 Å². The third kappa shape index (κ3) is 3.54. The minimum Gasteiger partial charge on any atom is -0.360 e. The molecule has 0 aliphatic carbocycles. The molecule has 3 aromatic rings. The standard InChI is InChI=1S/C17H20N6O2S/c1-12-7-14(25-20-12)10-22-3-5-23(6-4-22)17(24)15-11-26-16(19-15)13-8-18-21(2)9-13/h7-9,11H,3-6,10H2,1-2H3. The molecular weight excluding hydrogens is 352 g/mol. The van der Waals surface area contributed by atoms with Gasteiger partial charge in [0.05, 0.1) is 18.4 Å². The number of piperazine rings is 1. The highest BCUT2D eigenvalue weighted by atomic mass is 32.1. The topological polar surface area (TPSA) is 80.3 Å². The van der Waals surface area contributed by atoms with E-state index in [9.17, 15) is 4.79 Å². The zero-order valence-electron chi connectivity index (χ0n) is 14.8. The van der Waals surface area contributed by atoms with Crippen LogP contribution in [0.4, 0.5) is 0 Å². The number of rotatable bonds is 4. The predicted molar refractivity (Wildman–Crippen MR) is 96.7 cm³/mol. The lowest BCUT2D eigenvalue weighted by molar-refractivity contribution is 0.0612. The first-order chi connectivity index (χ1) is 12.6. The summed E-state index contributed by atoms with van der Waals surface area (Å²) in [6.45, 7) is 5.63. The molecule has 1 saturated heterocycles. The van der Waals surface area contributed by atoms with E-state index in [1.807, 2.05) is 36.5 Å². The number of thiazole rings is 1. The molecule has 0 atom stereocenters. The van der Waals surface area contributed by atoms with Crippen LogP contribution in [-0.4, -0.2) is 61.8 Å². The van der Waals surface area contributed by atoms with Crippen molar-refractivity contribution in [2.75, 3.05) is 26.2 Å². The maximum atomic E-state index is 12.7. The van der Waals surface area contributed by atoms with E-state index in [2.05, 4.69) is 20.1 Å². The van der Waals surface area contributed by atoms with Crippen LogP contribution >= 0.6 is 11.3 Å². The molecule has 9 heteroatoms. The SMILES string of the molecule is Cc1cc(CN2CCN(C(=O)c3csc(-c4cnn(C)c4)n3)CC2)on1. The van der Waals surface area contributed by atoms with Gasteiger partial charge >= 0.3 is 0 Å². The third-order valence-electron chi connectivity index (χ3n) is 4.39. The second-order valence-electron chi connectivity index (χ2n) is 6.44. The highest BCUT2D eigenvalue weighted by Gasteiger charge is 2.24. The zero-order valence-corrected chi connectivity index (χ0v) is 15.6. The van der Waals surface area contributed by atoms with E-state index in [1.165, 1.54) is 11.3 Å². The number of hydrogen-bond acceptors (Lipinski definition) is 7. The number of amides is 1. The maximum absolute atomic E-state index is 12.7. The molecule has 1 aliphatic rings. The van der Waals surface area contributed by atoms with E-state index in [1.54, 1.807) is 10.9 Å². The number of nitrogens with zero attached hydrogens (tertiary/aromatic N) is 6. The van der Waals surface area contributed by atoms with Gasteiger partial charge in [0.15, 0.2) is 5.76 Å². The minimum absolute atomic E-state index is 0.00782. The van der Waals surface area contributed by atoms with E-state index >= 15 is 0 Å². The second kappa shape index (κ2) is 7.00. The molecule has 0 unspecified atom stereocenters. The van der Waals surface area contributed by atoms with E-state index in [0.29, 0.717) is 18.8 Å². The molecule has 8 nitrogen and oxygen atoms in total. The second-order valence-corrected chi connectivity index (χ2v) is 7.30. The highest BCUT2D eigenvalue weighted by molar-refractivity contribution is 7.13. The van der Waals surface area contributed by atoms with E-state index in [-0.39, 0.29) is 5.91 Å². The summed E-state index contributed by atoms with van der Waals surface area (Å²) in [6, 6.07) is 1.95. The van der Waals surface area contributed by atoms with E-state index in [0.717, 1.165) is 41.7 Å². The highest BCUT2D eigenvalue weighted by Crippen LogP contribution is 2.24. The number of carbonyl (C=O) groups excluding carboxylic acids is 1. The Morgan fingerprint density at radius 2 is 2.12 bits per heavy atom. The number of aromatic nitrogens is 4. The molecule has 136 valence electrons. The molecule has 3 aromatic heterocycles. The smallest absolute Gasteiger partial charge is 0.273 e. The van der Waals surface area contributed by atoms with Crippen LogP contribution in [0.1, 0.15) is 21.9 Å². The molecule has 0 bridgehead atoms. The lowest BCUT2D eigenvalue weighted by Crippen LogP contribution is -2.48. The first kappa shape index (κ1) is 16.9. The van der Waals surface area contributed by atoms with Gasteiger partial charge in [-0.15, -0.1) is 11.3 Å². The monoisotopic (exact) mass is 372 g/mol. The van der Waals surface area contributed by atoms with Gasteiger partial charge in [-0.25, -0.2) is 4.98 Å². The normalized spacial score (nSPS) is 15.5. The largest absolute Gasteiger partial charge is 0.360 e. The Hall–Kier alpha value is -2.52. The molecule has 4 heterocycles. The summed E-state index contributed by atoms with van der Waals surface area (Å²) in [5.74, 6) is 0.856. The summed E-state index contributed by atoms with van der Waals surface area (Å²) in [5, 5.41) is 10.7. The van der Waals surface area contributed by atoms with Crippen molar-refractivity contribution in [3.05, 3.63) is 41.0 Å². The summed E-state index contributed by atoms with van der Waals surface area (Å²) in [7, 11) is 1.86. The van der Waals surface area contributed by atoms with Crippen LogP contribution in [-0.2, 0) is 13.6 Å². The molecule has 0 saturated carbocycles. The average molecular weight is 372 g/mol. The van der Waals surface area contributed by atoms with Gasteiger partial charge in [0.2, 0.25) is 0 Å². The predicted octanol–water partition coefficient (Wildman–Crippen LogP) is 1.80. The quantitative estimate of drug-likeness (QED) is 0.695. The Morgan fingerprint density at radius 1 is 1.31 bits per heavy atom. The van der Waals surface area contributed by atoms with Crippen molar-refractivity contribution in [2.24, 2.45) is 7.05 Å². The Bertz CT molecular complexity index is 906. The molecular formula is C17H20N6O2S. The molecule has 26 heavy (non-hydrogen) atoms. The van der Waals surface area contributed by atoms with Gasteiger partial charge in [-0.05, 0) is 6.92 Å². The molecule has 0 radical (unpaired) electrons. The molecule has 0 N–H and O–H groups in total. The summed E-state index contributed by atoms with van der Waals surface area (Å²) < 4.78 is 7.00. The fraction of sp³-hybridized carbons (Fsp3) is 0.412. The van der Waals surface area contributed by atoms with Gasteiger partial charge in [-0.3, -0.25) is 14.4 Å². The maximum Gasteiger partial charge on any atom is 0.273 e. The molecule has 1 amide bonds. The average Bonchev–Trinajstić information content (AvgIpc) is 3.36. The van der Waals surface area contributed by atoms with Crippen molar-refractivity contribution in [3.63, 3.8) is 0 Å². The lowest BCUT2D eigenvalue weighted by Gasteiger charge is -2.33. The summed E-state index contributed by atoms with van der Waals surface area (Å²) in [4.78, 5) is 21.4. The van der Waals surface area contributed by atoms with Gasteiger partial charge in [0.25, 0.3) is 5.91 Å².